The van der Waals surface area contributed by atoms with Gasteiger partial charge in [0.15, 0.2) is 0 Å². The van der Waals surface area contributed by atoms with Gasteiger partial charge in [0.25, 0.3) is 0 Å². The third kappa shape index (κ3) is 4.07. The van der Waals surface area contributed by atoms with Crippen molar-refractivity contribution >= 4 is 23.8 Å². The standard InChI is InChI=1S/C20H27N5O2/c21-18-5-3-14(11-23-18)4-6-19(26)22-8-7-15-16-12-25(13-17(15)16)20(27)24-9-1-2-10-24/h3-6,11,15-17H,1-2,7-10,12-13H2,(H2,21,23)(H,22,26)/b6-4+. The van der Waals surface area contributed by atoms with E-state index in [-0.39, 0.29) is 11.9 Å². The first-order chi connectivity index (χ1) is 13.1. The van der Waals surface area contributed by atoms with Gasteiger partial charge in [-0.1, -0.05) is 0 Å². The van der Waals surface area contributed by atoms with Crippen molar-refractivity contribution in [3.8, 4) is 0 Å². The molecule has 2 saturated heterocycles. The van der Waals surface area contributed by atoms with Gasteiger partial charge in [-0.2, -0.15) is 0 Å². The Bertz CT molecular complexity index is 714. The molecule has 2 unspecified atom stereocenters. The fourth-order valence-electron chi connectivity index (χ4n) is 4.45. The molecule has 0 bridgehead atoms. The Balaban J connectivity index is 1.14. The van der Waals surface area contributed by atoms with Crippen molar-refractivity contribution in [3.05, 3.63) is 30.0 Å². The van der Waals surface area contributed by atoms with Crippen molar-refractivity contribution in [2.45, 2.75) is 19.3 Å². The van der Waals surface area contributed by atoms with E-state index in [0.717, 1.165) is 51.0 Å². The van der Waals surface area contributed by atoms with Crippen LogP contribution in [0.1, 0.15) is 24.8 Å². The van der Waals surface area contributed by atoms with Gasteiger partial charge in [0.2, 0.25) is 5.91 Å². The summed E-state index contributed by atoms with van der Waals surface area (Å²) >= 11 is 0. The van der Waals surface area contributed by atoms with Crippen LogP contribution in [0.5, 0.6) is 0 Å². The van der Waals surface area contributed by atoms with E-state index in [2.05, 4.69) is 10.3 Å². The maximum absolute atomic E-state index is 12.4. The molecule has 3 heterocycles. The molecule has 0 spiro atoms. The van der Waals surface area contributed by atoms with E-state index in [9.17, 15) is 9.59 Å². The van der Waals surface area contributed by atoms with Crippen molar-refractivity contribution in [1.29, 1.82) is 0 Å². The minimum absolute atomic E-state index is 0.0940. The van der Waals surface area contributed by atoms with E-state index in [0.29, 0.717) is 30.1 Å². The van der Waals surface area contributed by atoms with Gasteiger partial charge in [-0.15, -0.1) is 0 Å². The van der Waals surface area contributed by atoms with Crippen LogP contribution in [0, 0.1) is 17.8 Å². The summed E-state index contributed by atoms with van der Waals surface area (Å²) in [6, 6.07) is 3.77. The number of amides is 3. The normalized spacial score (nSPS) is 26.4. The molecule has 144 valence electrons. The van der Waals surface area contributed by atoms with Gasteiger partial charge in [-0.3, -0.25) is 4.79 Å². The molecular formula is C20H27N5O2. The summed E-state index contributed by atoms with van der Waals surface area (Å²) in [5.74, 6) is 2.28. The van der Waals surface area contributed by atoms with E-state index < -0.39 is 0 Å². The second-order valence-electron chi connectivity index (χ2n) is 7.80. The van der Waals surface area contributed by atoms with Crippen LogP contribution >= 0.6 is 0 Å². The van der Waals surface area contributed by atoms with Gasteiger partial charge in [0, 0.05) is 45.0 Å². The zero-order valence-corrected chi connectivity index (χ0v) is 15.5. The molecule has 2 aliphatic heterocycles. The molecule has 0 radical (unpaired) electrons. The van der Waals surface area contributed by atoms with Crippen LogP contribution in [0.15, 0.2) is 24.4 Å². The maximum atomic E-state index is 12.4. The molecule has 3 aliphatic rings. The summed E-state index contributed by atoms with van der Waals surface area (Å²) in [5.41, 5.74) is 6.39. The number of piperidine rings is 1. The van der Waals surface area contributed by atoms with Crippen LogP contribution < -0.4 is 11.1 Å². The van der Waals surface area contributed by atoms with Gasteiger partial charge >= 0.3 is 6.03 Å². The van der Waals surface area contributed by atoms with Gasteiger partial charge in [-0.05, 0) is 60.8 Å². The number of hydrogen-bond acceptors (Lipinski definition) is 4. The van der Waals surface area contributed by atoms with E-state index in [1.54, 1.807) is 18.3 Å². The topological polar surface area (TPSA) is 91.6 Å². The maximum Gasteiger partial charge on any atom is 0.320 e. The fourth-order valence-corrected chi connectivity index (χ4v) is 4.45. The van der Waals surface area contributed by atoms with Crippen molar-refractivity contribution in [1.82, 2.24) is 20.1 Å². The molecule has 2 atom stereocenters. The Labute approximate surface area is 159 Å². The largest absolute Gasteiger partial charge is 0.384 e. The Hall–Kier alpha value is -2.57. The average Bonchev–Trinajstić information content (AvgIpc) is 3.08. The molecule has 0 aromatic carbocycles. The minimum Gasteiger partial charge on any atom is -0.384 e. The van der Waals surface area contributed by atoms with Crippen LogP contribution in [-0.4, -0.2) is 59.4 Å². The number of nitrogens with zero attached hydrogens (tertiary/aromatic N) is 3. The number of nitrogen functional groups attached to an aromatic ring is 1. The number of fused-ring (bicyclic) bond motifs is 1. The quantitative estimate of drug-likeness (QED) is 0.771. The predicted octanol–water partition coefficient (Wildman–Crippen LogP) is 1.58. The Kier molecular flexibility index (Phi) is 5.01. The van der Waals surface area contributed by atoms with E-state index >= 15 is 0 Å². The molecule has 3 amide bonds. The van der Waals surface area contributed by atoms with Gasteiger partial charge in [0.1, 0.15) is 5.82 Å². The highest BCUT2D eigenvalue weighted by molar-refractivity contribution is 5.91. The number of carbonyl (C=O) groups is 2. The highest BCUT2D eigenvalue weighted by Gasteiger charge is 2.56. The summed E-state index contributed by atoms with van der Waals surface area (Å²) in [6.45, 7) is 4.30. The number of urea groups is 1. The summed E-state index contributed by atoms with van der Waals surface area (Å²) in [6.07, 6.45) is 8.16. The highest BCUT2D eigenvalue weighted by atomic mass is 16.2. The van der Waals surface area contributed by atoms with Gasteiger partial charge in [-0.25, -0.2) is 9.78 Å². The SMILES string of the molecule is Nc1ccc(/C=C/C(=O)NCCC2C3CN(C(=O)N4CCCC4)CC23)cn1. The third-order valence-electron chi connectivity index (χ3n) is 6.03. The summed E-state index contributed by atoms with van der Waals surface area (Å²) in [4.78, 5) is 32.3. The van der Waals surface area contributed by atoms with Crippen LogP contribution in [0.4, 0.5) is 10.6 Å². The Morgan fingerprint density at radius 1 is 1.19 bits per heavy atom. The number of rotatable bonds is 5. The van der Waals surface area contributed by atoms with Crippen molar-refractivity contribution in [2.75, 3.05) is 38.5 Å². The van der Waals surface area contributed by atoms with Crippen LogP contribution in [-0.2, 0) is 4.79 Å². The van der Waals surface area contributed by atoms with E-state index in [1.165, 1.54) is 6.08 Å². The van der Waals surface area contributed by atoms with E-state index in [1.807, 2.05) is 15.9 Å². The molecule has 27 heavy (non-hydrogen) atoms. The number of hydrogen-bond donors (Lipinski definition) is 2. The lowest BCUT2D eigenvalue weighted by Gasteiger charge is -2.26. The highest BCUT2D eigenvalue weighted by Crippen LogP contribution is 2.53. The Morgan fingerprint density at radius 3 is 2.59 bits per heavy atom. The van der Waals surface area contributed by atoms with Crippen molar-refractivity contribution in [3.63, 3.8) is 0 Å². The number of nitrogens with one attached hydrogen (secondary N) is 1. The molecule has 7 heteroatoms. The number of anilines is 1. The lowest BCUT2D eigenvalue weighted by molar-refractivity contribution is -0.116. The zero-order valence-electron chi connectivity index (χ0n) is 15.5. The summed E-state index contributed by atoms with van der Waals surface area (Å²) < 4.78 is 0. The summed E-state index contributed by atoms with van der Waals surface area (Å²) in [7, 11) is 0. The Morgan fingerprint density at radius 2 is 1.93 bits per heavy atom. The first-order valence-electron chi connectivity index (χ1n) is 9.83. The van der Waals surface area contributed by atoms with Crippen LogP contribution in [0.25, 0.3) is 6.08 Å². The smallest absolute Gasteiger partial charge is 0.320 e. The van der Waals surface area contributed by atoms with Gasteiger partial charge in [0.05, 0.1) is 0 Å². The second-order valence-corrected chi connectivity index (χ2v) is 7.80. The molecule has 7 nitrogen and oxygen atoms in total. The lowest BCUT2D eigenvalue weighted by Crippen LogP contribution is -2.41. The van der Waals surface area contributed by atoms with E-state index in [4.69, 9.17) is 5.73 Å². The first kappa shape index (κ1) is 17.8. The monoisotopic (exact) mass is 369 g/mol. The molecule has 1 aliphatic carbocycles. The number of likely N-dealkylation sites (tertiary alicyclic amines) is 2. The molecule has 3 N–H and O–H groups in total. The fraction of sp³-hybridized carbons (Fsp3) is 0.550. The average molecular weight is 369 g/mol. The van der Waals surface area contributed by atoms with Crippen molar-refractivity contribution in [2.24, 2.45) is 17.8 Å². The van der Waals surface area contributed by atoms with Crippen molar-refractivity contribution < 1.29 is 9.59 Å². The number of carbonyl (C=O) groups excluding carboxylic acids is 2. The van der Waals surface area contributed by atoms with Crippen LogP contribution in [0.3, 0.4) is 0 Å². The number of aromatic nitrogens is 1. The molecule has 1 aromatic rings. The number of nitrogens with two attached hydrogens (primary N) is 1. The first-order valence-corrected chi connectivity index (χ1v) is 9.83. The lowest BCUT2D eigenvalue weighted by atomic mass is 10.2. The zero-order chi connectivity index (χ0) is 18.8. The minimum atomic E-state index is -0.0940. The number of pyridine rings is 1. The molecule has 3 fully saturated rings. The molecule has 1 saturated carbocycles. The van der Waals surface area contributed by atoms with Gasteiger partial charge < -0.3 is 20.9 Å². The molecule has 1 aromatic heterocycles. The third-order valence-corrected chi connectivity index (χ3v) is 6.03. The molecular weight excluding hydrogens is 342 g/mol. The second kappa shape index (κ2) is 7.58. The predicted molar refractivity (Wildman–Crippen MR) is 104 cm³/mol. The van der Waals surface area contributed by atoms with Crippen LogP contribution in [0.2, 0.25) is 0 Å². The summed E-state index contributed by atoms with van der Waals surface area (Å²) in [5, 5.41) is 2.94. The molecule has 4 rings (SSSR count).